The molecular formula is C14H31N3O3. The molecule has 0 bridgehead atoms. The molecule has 0 aromatic carbocycles. The van der Waals surface area contributed by atoms with Crippen molar-refractivity contribution in [2.45, 2.75) is 71.2 Å². The van der Waals surface area contributed by atoms with Crippen LogP contribution < -0.4 is 16.6 Å². The molecule has 0 saturated heterocycles. The summed E-state index contributed by atoms with van der Waals surface area (Å²) in [6.45, 7) is 10.4. The lowest BCUT2D eigenvalue weighted by molar-refractivity contribution is -0.118. The fourth-order valence-corrected chi connectivity index (χ4v) is 1.82. The van der Waals surface area contributed by atoms with Gasteiger partial charge in [0.1, 0.15) is 12.0 Å². The van der Waals surface area contributed by atoms with Gasteiger partial charge in [-0.15, -0.1) is 0 Å². The maximum absolute atomic E-state index is 11.0. The number of nitrogens with two attached hydrogens (primary N) is 1. The summed E-state index contributed by atoms with van der Waals surface area (Å²) in [5, 5.41) is 12.7. The van der Waals surface area contributed by atoms with E-state index in [0.717, 1.165) is 12.8 Å². The van der Waals surface area contributed by atoms with Gasteiger partial charge in [-0.05, 0) is 47.5 Å². The van der Waals surface area contributed by atoms with E-state index < -0.39 is 6.23 Å². The Hall–Kier alpha value is -0.530. The number of hydrazine groups is 1. The third-order valence-corrected chi connectivity index (χ3v) is 3.17. The summed E-state index contributed by atoms with van der Waals surface area (Å²) in [5.41, 5.74) is 1.86. The molecule has 5 N–H and O–H groups in total. The molecule has 0 aliphatic carbocycles. The molecule has 120 valence electrons. The van der Waals surface area contributed by atoms with E-state index in [0.29, 0.717) is 13.0 Å². The Labute approximate surface area is 122 Å². The van der Waals surface area contributed by atoms with Crippen LogP contribution in [0.2, 0.25) is 0 Å². The number of nitrogens with one attached hydrogen (secondary N) is 2. The topological polar surface area (TPSA) is 96.6 Å². The van der Waals surface area contributed by atoms with E-state index >= 15 is 0 Å². The lowest BCUT2D eigenvalue weighted by atomic mass is 9.99. The first kappa shape index (κ1) is 19.5. The van der Waals surface area contributed by atoms with Crippen molar-refractivity contribution in [2.75, 3.05) is 13.2 Å². The molecule has 0 saturated carbocycles. The highest BCUT2D eigenvalue weighted by atomic mass is 16.5. The minimum absolute atomic E-state index is 0.182. The summed E-state index contributed by atoms with van der Waals surface area (Å²) in [6.07, 6.45) is 1.31. The van der Waals surface area contributed by atoms with E-state index in [1.807, 2.05) is 27.7 Å². The third-order valence-electron chi connectivity index (χ3n) is 3.17. The minimum Gasteiger partial charge on any atom is -0.377 e. The fraction of sp³-hybridized carbons (Fsp3) is 0.929. The van der Waals surface area contributed by atoms with Gasteiger partial charge in [-0.2, -0.15) is 0 Å². The Bertz CT molecular complexity index is 293. The molecule has 6 heteroatoms. The lowest BCUT2D eigenvalue weighted by Gasteiger charge is -2.32. The Kier molecular flexibility index (Phi) is 8.46. The molecule has 0 aromatic rings. The largest absolute Gasteiger partial charge is 0.377 e. The summed E-state index contributed by atoms with van der Waals surface area (Å²) in [4.78, 5) is 11.0. The van der Waals surface area contributed by atoms with Gasteiger partial charge in [-0.3, -0.25) is 16.6 Å². The number of hydrogen-bond acceptors (Lipinski definition) is 6. The van der Waals surface area contributed by atoms with Crippen molar-refractivity contribution in [1.29, 1.82) is 0 Å². The normalized spacial score (nSPS) is 14.3. The van der Waals surface area contributed by atoms with E-state index in [1.54, 1.807) is 6.92 Å². The summed E-state index contributed by atoms with van der Waals surface area (Å²) >= 11 is 0. The molecule has 0 fully saturated rings. The van der Waals surface area contributed by atoms with E-state index in [4.69, 9.17) is 10.6 Å². The maximum Gasteiger partial charge on any atom is 0.129 e. The zero-order valence-corrected chi connectivity index (χ0v) is 13.5. The van der Waals surface area contributed by atoms with Crippen LogP contribution in [0.25, 0.3) is 0 Å². The van der Waals surface area contributed by atoms with E-state index in [-0.39, 0.29) is 23.5 Å². The van der Waals surface area contributed by atoms with Gasteiger partial charge in [0.15, 0.2) is 0 Å². The number of carbonyl (C=O) groups is 1. The van der Waals surface area contributed by atoms with Gasteiger partial charge in [-0.1, -0.05) is 0 Å². The summed E-state index contributed by atoms with van der Waals surface area (Å²) in [7, 11) is 0. The van der Waals surface area contributed by atoms with Crippen LogP contribution in [0.5, 0.6) is 0 Å². The minimum atomic E-state index is -0.694. The average molecular weight is 289 g/mol. The zero-order valence-electron chi connectivity index (χ0n) is 13.5. The second kappa shape index (κ2) is 8.69. The first-order valence-corrected chi connectivity index (χ1v) is 7.10. The molecule has 0 radical (unpaired) electrons. The van der Waals surface area contributed by atoms with Gasteiger partial charge in [0.05, 0.1) is 5.60 Å². The van der Waals surface area contributed by atoms with Crippen LogP contribution in [-0.4, -0.2) is 41.4 Å². The van der Waals surface area contributed by atoms with Gasteiger partial charge < -0.3 is 14.6 Å². The van der Waals surface area contributed by atoms with Gasteiger partial charge in [-0.25, -0.2) is 0 Å². The molecule has 0 heterocycles. The highest BCUT2D eigenvalue weighted by Crippen LogP contribution is 2.19. The Morgan fingerprint density at radius 3 is 2.40 bits per heavy atom. The molecular weight excluding hydrogens is 258 g/mol. The zero-order chi connectivity index (χ0) is 15.8. The predicted octanol–water partition coefficient (Wildman–Crippen LogP) is 0.691. The van der Waals surface area contributed by atoms with Crippen LogP contribution in [0, 0.1) is 0 Å². The second-order valence-corrected chi connectivity index (χ2v) is 6.51. The standard InChI is InChI=1S/C14H31N3O3/c1-11(18)6-7-14(4,5)20-9-8-13(2,3)17-12(19)10-16-15/h12,16-17,19H,6-10,15H2,1-5H3. The average Bonchev–Trinajstić information content (AvgIpc) is 2.25. The van der Waals surface area contributed by atoms with Crippen molar-refractivity contribution in [3.63, 3.8) is 0 Å². The van der Waals surface area contributed by atoms with Crippen LogP contribution >= 0.6 is 0 Å². The van der Waals surface area contributed by atoms with Crippen molar-refractivity contribution in [3.05, 3.63) is 0 Å². The molecule has 20 heavy (non-hydrogen) atoms. The van der Waals surface area contributed by atoms with Gasteiger partial charge in [0.2, 0.25) is 0 Å². The summed E-state index contributed by atoms with van der Waals surface area (Å²) in [6, 6.07) is 0. The molecule has 0 aliphatic rings. The first-order valence-electron chi connectivity index (χ1n) is 7.10. The van der Waals surface area contributed by atoms with Crippen LogP contribution in [0.15, 0.2) is 0 Å². The summed E-state index contributed by atoms with van der Waals surface area (Å²) in [5.74, 6) is 5.34. The highest BCUT2D eigenvalue weighted by Gasteiger charge is 2.23. The number of ketones is 1. The molecule has 6 nitrogen and oxygen atoms in total. The number of ether oxygens (including phenoxy) is 1. The first-order chi connectivity index (χ1) is 9.08. The smallest absolute Gasteiger partial charge is 0.129 e. The monoisotopic (exact) mass is 289 g/mol. The van der Waals surface area contributed by atoms with Crippen molar-refractivity contribution >= 4 is 5.78 Å². The van der Waals surface area contributed by atoms with Crippen LogP contribution in [0.3, 0.4) is 0 Å². The maximum atomic E-state index is 11.0. The highest BCUT2D eigenvalue weighted by molar-refractivity contribution is 5.75. The van der Waals surface area contributed by atoms with E-state index in [2.05, 4.69) is 10.7 Å². The number of Topliss-reactive ketones (excluding diaryl/α,β-unsaturated/α-hetero) is 1. The molecule has 1 atom stereocenters. The number of aliphatic hydroxyl groups excluding tert-OH is 1. The molecule has 0 spiro atoms. The van der Waals surface area contributed by atoms with Crippen LogP contribution in [0.4, 0.5) is 0 Å². The Morgan fingerprint density at radius 2 is 1.90 bits per heavy atom. The van der Waals surface area contributed by atoms with E-state index in [1.165, 1.54) is 0 Å². The van der Waals surface area contributed by atoms with Crippen molar-refractivity contribution in [1.82, 2.24) is 10.7 Å². The summed E-state index contributed by atoms with van der Waals surface area (Å²) < 4.78 is 5.84. The van der Waals surface area contributed by atoms with Crippen molar-refractivity contribution < 1.29 is 14.6 Å². The quantitative estimate of drug-likeness (QED) is 0.254. The SMILES string of the molecule is CC(=O)CCC(C)(C)OCCC(C)(C)NC(O)CNN. The van der Waals surface area contributed by atoms with Gasteiger partial charge >= 0.3 is 0 Å². The van der Waals surface area contributed by atoms with Crippen molar-refractivity contribution in [2.24, 2.45) is 5.84 Å². The fourth-order valence-electron chi connectivity index (χ4n) is 1.82. The lowest BCUT2D eigenvalue weighted by Crippen LogP contribution is -2.51. The number of carbonyl (C=O) groups excluding carboxylic acids is 1. The van der Waals surface area contributed by atoms with Crippen LogP contribution in [-0.2, 0) is 9.53 Å². The van der Waals surface area contributed by atoms with Gasteiger partial charge in [0.25, 0.3) is 0 Å². The number of aliphatic hydroxyl groups is 1. The molecule has 0 rings (SSSR count). The van der Waals surface area contributed by atoms with Gasteiger partial charge in [0, 0.05) is 25.1 Å². The molecule has 0 aliphatic heterocycles. The number of rotatable bonds is 11. The van der Waals surface area contributed by atoms with Crippen molar-refractivity contribution in [3.8, 4) is 0 Å². The molecule has 0 amide bonds. The molecule has 1 unspecified atom stereocenters. The van der Waals surface area contributed by atoms with E-state index in [9.17, 15) is 9.90 Å². The number of hydrogen-bond donors (Lipinski definition) is 4. The van der Waals surface area contributed by atoms with Crippen LogP contribution in [0.1, 0.15) is 53.9 Å². The second-order valence-electron chi connectivity index (χ2n) is 6.51. The Morgan fingerprint density at radius 1 is 1.30 bits per heavy atom. The Balaban J connectivity index is 4.04. The molecule has 0 aromatic heterocycles. The predicted molar refractivity (Wildman–Crippen MR) is 80.0 cm³/mol. The third kappa shape index (κ3) is 10.3.